The van der Waals surface area contributed by atoms with Crippen molar-refractivity contribution in [2.24, 2.45) is 5.92 Å². The molecule has 1 fully saturated rings. The van der Waals surface area contributed by atoms with E-state index in [-0.39, 0.29) is 29.5 Å². The Hall–Kier alpha value is -1.27. The number of hydrogen-bond acceptors (Lipinski definition) is 2. The molecule has 0 saturated carbocycles. The summed E-state index contributed by atoms with van der Waals surface area (Å²) >= 11 is 5.91. The summed E-state index contributed by atoms with van der Waals surface area (Å²) in [6.07, 6.45) is -3.72. The summed E-state index contributed by atoms with van der Waals surface area (Å²) in [4.78, 5) is 12.5. The lowest BCUT2D eigenvalue weighted by Crippen LogP contribution is -2.23. The monoisotopic (exact) mass is 321 g/mol. The van der Waals surface area contributed by atoms with Crippen LogP contribution in [-0.4, -0.2) is 29.1 Å². The molecule has 1 heterocycles. The fourth-order valence-electron chi connectivity index (χ4n) is 2.68. The standard InChI is InChI=1S/C14H15ClF3NO2/c15-12-3-1-2-11(14(16,17)18)10(12)8-19-5-4-9(7-19)6-13(20)21/h1-3,9H,4-8H2,(H,20,21)/t9-/m0/s1. The molecule has 0 aromatic heterocycles. The van der Waals surface area contributed by atoms with Gasteiger partial charge in [0.25, 0.3) is 0 Å². The van der Waals surface area contributed by atoms with Gasteiger partial charge in [0.15, 0.2) is 0 Å². The molecule has 1 aromatic carbocycles. The maximum atomic E-state index is 13.0. The fourth-order valence-corrected chi connectivity index (χ4v) is 2.91. The number of carboxylic acids is 1. The Bertz CT molecular complexity index is 533. The first-order valence-corrected chi connectivity index (χ1v) is 6.94. The van der Waals surface area contributed by atoms with Crippen molar-refractivity contribution < 1.29 is 23.1 Å². The van der Waals surface area contributed by atoms with Crippen molar-refractivity contribution in [3.63, 3.8) is 0 Å². The van der Waals surface area contributed by atoms with Crippen LogP contribution >= 0.6 is 11.6 Å². The van der Waals surface area contributed by atoms with Gasteiger partial charge in [-0.3, -0.25) is 9.69 Å². The third-order valence-corrected chi connectivity index (χ3v) is 3.99. The van der Waals surface area contributed by atoms with Crippen LogP contribution in [0, 0.1) is 5.92 Å². The quantitative estimate of drug-likeness (QED) is 0.920. The van der Waals surface area contributed by atoms with Crippen LogP contribution in [0.5, 0.6) is 0 Å². The summed E-state index contributed by atoms with van der Waals surface area (Å²) in [5.74, 6) is -0.894. The molecule has 2 rings (SSSR count). The van der Waals surface area contributed by atoms with Crippen LogP contribution in [-0.2, 0) is 17.5 Å². The van der Waals surface area contributed by atoms with Gasteiger partial charge in [0, 0.05) is 24.5 Å². The van der Waals surface area contributed by atoms with Crippen molar-refractivity contribution in [2.75, 3.05) is 13.1 Å². The summed E-state index contributed by atoms with van der Waals surface area (Å²) in [5, 5.41) is 8.85. The SMILES string of the molecule is O=C(O)C[C@@H]1CCN(Cc2c(Cl)cccc2C(F)(F)F)C1. The minimum Gasteiger partial charge on any atom is -0.481 e. The number of benzene rings is 1. The lowest BCUT2D eigenvalue weighted by atomic mass is 10.1. The zero-order valence-corrected chi connectivity index (χ0v) is 11.9. The van der Waals surface area contributed by atoms with E-state index in [2.05, 4.69) is 0 Å². The Balaban J connectivity index is 2.12. The topological polar surface area (TPSA) is 40.5 Å². The minimum atomic E-state index is -4.44. The smallest absolute Gasteiger partial charge is 0.416 e. The molecule has 0 unspecified atom stereocenters. The first-order chi connectivity index (χ1) is 9.77. The number of alkyl halides is 3. The van der Waals surface area contributed by atoms with E-state index in [1.54, 1.807) is 0 Å². The highest BCUT2D eigenvalue weighted by atomic mass is 35.5. The van der Waals surface area contributed by atoms with E-state index in [0.29, 0.717) is 19.5 Å². The molecule has 0 amide bonds. The van der Waals surface area contributed by atoms with Gasteiger partial charge in [0.1, 0.15) is 0 Å². The van der Waals surface area contributed by atoms with Gasteiger partial charge in [-0.05, 0) is 36.6 Å². The van der Waals surface area contributed by atoms with Crippen molar-refractivity contribution in [3.8, 4) is 0 Å². The molecular weight excluding hydrogens is 307 g/mol. The van der Waals surface area contributed by atoms with Crippen molar-refractivity contribution in [1.29, 1.82) is 0 Å². The third kappa shape index (κ3) is 4.11. The van der Waals surface area contributed by atoms with Crippen LogP contribution in [0.1, 0.15) is 24.0 Å². The van der Waals surface area contributed by atoms with Gasteiger partial charge in [0.2, 0.25) is 0 Å². The summed E-state index contributed by atoms with van der Waals surface area (Å²) < 4.78 is 39.0. The maximum absolute atomic E-state index is 13.0. The zero-order valence-electron chi connectivity index (χ0n) is 11.2. The van der Waals surface area contributed by atoms with Crippen LogP contribution < -0.4 is 0 Å². The largest absolute Gasteiger partial charge is 0.481 e. The average Bonchev–Trinajstić information content (AvgIpc) is 2.77. The van der Waals surface area contributed by atoms with Gasteiger partial charge >= 0.3 is 12.1 Å². The van der Waals surface area contributed by atoms with Crippen LogP contribution in [0.15, 0.2) is 18.2 Å². The molecule has 1 aliphatic heterocycles. The van der Waals surface area contributed by atoms with Gasteiger partial charge in [-0.1, -0.05) is 17.7 Å². The zero-order chi connectivity index (χ0) is 15.6. The van der Waals surface area contributed by atoms with Crippen LogP contribution in [0.2, 0.25) is 5.02 Å². The van der Waals surface area contributed by atoms with E-state index in [1.807, 2.05) is 4.90 Å². The highest BCUT2D eigenvalue weighted by Gasteiger charge is 2.35. The Kier molecular flexibility index (Phi) is 4.78. The number of carboxylic acid groups (broad SMARTS) is 1. The van der Waals surface area contributed by atoms with Crippen LogP contribution in [0.3, 0.4) is 0 Å². The highest BCUT2D eigenvalue weighted by Crippen LogP contribution is 2.36. The number of hydrogen-bond donors (Lipinski definition) is 1. The average molecular weight is 322 g/mol. The molecule has 0 radical (unpaired) electrons. The Labute approximate surface area is 125 Å². The lowest BCUT2D eigenvalue weighted by Gasteiger charge is -2.20. The highest BCUT2D eigenvalue weighted by molar-refractivity contribution is 6.31. The predicted molar refractivity (Wildman–Crippen MR) is 72.1 cm³/mol. The van der Waals surface area contributed by atoms with E-state index in [4.69, 9.17) is 16.7 Å². The van der Waals surface area contributed by atoms with E-state index in [1.165, 1.54) is 12.1 Å². The maximum Gasteiger partial charge on any atom is 0.416 e. The molecule has 21 heavy (non-hydrogen) atoms. The van der Waals surface area contributed by atoms with Gasteiger partial charge in [0.05, 0.1) is 5.56 Å². The normalized spacial score (nSPS) is 19.9. The fraction of sp³-hybridized carbons (Fsp3) is 0.500. The van der Waals surface area contributed by atoms with E-state index in [9.17, 15) is 18.0 Å². The van der Waals surface area contributed by atoms with Crippen molar-refractivity contribution in [3.05, 3.63) is 34.3 Å². The minimum absolute atomic E-state index is 0.0145. The molecule has 1 atom stereocenters. The van der Waals surface area contributed by atoms with Crippen LogP contribution in [0.25, 0.3) is 0 Å². The van der Waals surface area contributed by atoms with Gasteiger partial charge < -0.3 is 5.11 Å². The Morgan fingerprint density at radius 3 is 2.76 bits per heavy atom. The molecule has 1 aliphatic rings. The van der Waals surface area contributed by atoms with Gasteiger partial charge in [-0.25, -0.2) is 0 Å². The molecule has 1 saturated heterocycles. The second kappa shape index (κ2) is 6.23. The molecule has 1 aromatic rings. The molecular formula is C14H15ClF3NO2. The number of halogens is 4. The van der Waals surface area contributed by atoms with Crippen molar-refractivity contribution in [1.82, 2.24) is 4.90 Å². The first-order valence-electron chi connectivity index (χ1n) is 6.56. The Morgan fingerprint density at radius 1 is 1.43 bits per heavy atom. The third-order valence-electron chi connectivity index (χ3n) is 3.64. The Morgan fingerprint density at radius 2 is 2.14 bits per heavy atom. The molecule has 1 N–H and O–H groups in total. The lowest BCUT2D eigenvalue weighted by molar-refractivity contribution is -0.139. The molecule has 0 bridgehead atoms. The summed E-state index contributed by atoms with van der Waals surface area (Å²) in [6, 6.07) is 3.74. The van der Waals surface area contributed by atoms with Crippen molar-refractivity contribution >= 4 is 17.6 Å². The summed E-state index contributed by atoms with van der Waals surface area (Å²) in [6.45, 7) is 1.15. The molecule has 7 heteroatoms. The molecule has 3 nitrogen and oxygen atoms in total. The summed E-state index contributed by atoms with van der Waals surface area (Å²) in [7, 11) is 0. The molecule has 0 spiro atoms. The van der Waals surface area contributed by atoms with E-state index < -0.39 is 17.7 Å². The van der Waals surface area contributed by atoms with Gasteiger partial charge in [-0.15, -0.1) is 0 Å². The molecule has 0 aliphatic carbocycles. The van der Waals surface area contributed by atoms with Crippen molar-refractivity contribution in [2.45, 2.75) is 25.6 Å². The number of nitrogens with zero attached hydrogens (tertiary/aromatic N) is 1. The van der Waals surface area contributed by atoms with E-state index in [0.717, 1.165) is 6.07 Å². The first kappa shape index (κ1) is 16.1. The van der Waals surface area contributed by atoms with Crippen LogP contribution in [0.4, 0.5) is 13.2 Å². The number of aliphatic carboxylic acids is 1. The van der Waals surface area contributed by atoms with E-state index >= 15 is 0 Å². The van der Waals surface area contributed by atoms with Gasteiger partial charge in [-0.2, -0.15) is 13.2 Å². The second-order valence-electron chi connectivity index (χ2n) is 5.25. The predicted octanol–water partition coefficient (Wildman–Crippen LogP) is 3.66. The number of likely N-dealkylation sites (tertiary alicyclic amines) is 1. The number of carbonyl (C=O) groups is 1. The molecule has 116 valence electrons. The number of rotatable bonds is 4. The summed E-state index contributed by atoms with van der Waals surface area (Å²) in [5.41, 5.74) is -0.667. The second-order valence-corrected chi connectivity index (χ2v) is 5.66.